The number of piperidine rings is 1. The molecule has 2 amide bonds. The fourth-order valence-corrected chi connectivity index (χ4v) is 4.75. The first-order valence-corrected chi connectivity index (χ1v) is 10.3. The molecule has 1 aliphatic rings. The molecule has 3 N–H and O–H groups in total. The van der Waals surface area contributed by atoms with Gasteiger partial charge in [0.1, 0.15) is 11.8 Å². The van der Waals surface area contributed by atoms with Crippen LogP contribution in [0.1, 0.15) is 43.0 Å². The van der Waals surface area contributed by atoms with E-state index in [9.17, 15) is 23.1 Å². The van der Waals surface area contributed by atoms with Crippen molar-refractivity contribution in [3.05, 3.63) is 28.8 Å². The molecule has 0 aliphatic carbocycles. The minimum atomic E-state index is -3.53. The molecule has 1 atom stereocenters. The number of phenols is 1. The summed E-state index contributed by atoms with van der Waals surface area (Å²) < 4.78 is 25.9. The zero-order valence-corrected chi connectivity index (χ0v) is 15.9. The molecule has 26 heavy (non-hydrogen) atoms. The Labute approximate surface area is 157 Å². The highest BCUT2D eigenvalue weighted by Crippen LogP contribution is 2.22. The highest BCUT2D eigenvalue weighted by atomic mass is 35.5. The number of phenolic OH excluding ortho intramolecular Hbond substituents is 1. The second kappa shape index (κ2) is 8.70. The number of nitrogens with zero attached hydrogens (tertiary/aromatic N) is 1. The van der Waals surface area contributed by atoms with Gasteiger partial charge in [0.05, 0.1) is 11.3 Å². The molecule has 10 heteroatoms. The molecule has 0 radical (unpaired) electrons. The van der Waals surface area contributed by atoms with Crippen molar-refractivity contribution in [2.45, 2.75) is 38.6 Å². The Bertz CT molecular complexity index is 784. The van der Waals surface area contributed by atoms with Crippen LogP contribution in [0.25, 0.3) is 0 Å². The smallest absolute Gasteiger partial charge is 0.273 e. The van der Waals surface area contributed by atoms with E-state index < -0.39 is 27.9 Å². The van der Waals surface area contributed by atoms with Gasteiger partial charge in [-0.05, 0) is 37.5 Å². The van der Waals surface area contributed by atoms with Crippen LogP contribution in [0.15, 0.2) is 18.2 Å². The van der Waals surface area contributed by atoms with Gasteiger partial charge in [0.15, 0.2) is 0 Å². The van der Waals surface area contributed by atoms with Gasteiger partial charge >= 0.3 is 0 Å². The van der Waals surface area contributed by atoms with Crippen LogP contribution in [0, 0.1) is 0 Å². The molecule has 1 fully saturated rings. The first-order valence-electron chi connectivity index (χ1n) is 8.34. The Hall–Kier alpha value is -1.84. The van der Waals surface area contributed by atoms with E-state index in [0.717, 1.165) is 6.42 Å². The first kappa shape index (κ1) is 20.5. The minimum Gasteiger partial charge on any atom is -0.507 e. The molecule has 0 saturated carbocycles. The van der Waals surface area contributed by atoms with Crippen molar-refractivity contribution in [3.63, 3.8) is 0 Å². The molecule has 8 nitrogen and oxygen atoms in total. The number of benzene rings is 1. The number of sulfonamides is 1. The summed E-state index contributed by atoms with van der Waals surface area (Å²) in [5.74, 6) is -1.68. The number of amides is 2. The number of hydrazine groups is 1. The second-order valence-corrected chi connectivity index (χ2v) is 8.52. The van der Waals surface area contributed by atoms with Gasteiger partial charge in [-0.2, -0.15) is 4.31 Å². The largest absolute Gasteiger partial charge is 0.507 e. The van der Waals surface area contributed by atoms with Gasteiger partial charge < -0.3 is 5.11 Å². The molecule has 1 aromatic rings. The molecule has 1 saturated heterocycles. The van der Waals surface area contributed by atoms with E-state index in [4.69, 9.17) is 11.6 Å². The number of nitrogens with one attached hydrogen (secondary N) is 2. The van der Waals surface area contributed by atoms with E-state index >= 15 is 0 Å². The van der Waals surface area contributed by atoms with E-state index in [-0.39, 0.29) is 28.6 Å². The monoisotopic (exact) mass is 403 g/mol. The van der Waals surface area contributed by atoms with E-state index in [2.05, 4.69) is 10.9 Å². The van der Waals surface area contributed by atoms with Crippen molar-refractivity contribution in [3.8, 4) is 5.75 Å². The van der Waals surface area contributed by atoms with Crippen LogP contribution in [0.4, 0.5) is 0 Å². The quantitative estimate of drug-likeness (QED) is 0.642. The predicted octanol–water partition coefficient (Wildman–Crippen LogP) is 1.40. The molecule has 0 aromatic heterocycles. The van der Waals surface area contributed by atoms with Crippen molar-refractivity contribution >= 4 is 33.4 Å². The van der Waals surface area contributed by atoms with Crippen LogP contribution in [-0.2, 0) is 14.8 Å². The van der Waals surface area contributed by atoms with E-state index in [1.54, 1.807) is 6.92 Å². The summed E-state index contributed by atoms with van der Waals surface area (Å²) in [6, 6.07) is 3.08. The van der Waals surface area contributed by atoms with Crippen molar-refractivity contribution in [2.24, 2.45) is 0 Å². The Morgan fingerprint density at radius 3 is 2.73 bits per heavy atom. The molecule has 0 bridgehead atoms. The third-order valence-corrected chi connectivity index (χ3v) is 6.39. The molecule has 1 aromatic carbocycles. The van der Waals surface area contributed by atoms with Crippen LogP contribution in [0.5, 0.6) is 5.75 Å². The SMILES string of the molecule is CCCS(=O)(=O)N1CCCCC1C(=O)NNC(=O)c1cc(Cl)ccc1O. The molecule has 2 rings (SSSR count). The zero-order valence-electron chi connectivity index (χ0n) is 14.4. The average molecular weight is 404 g/mol. The maximum Gasteiger partial charge on any atom is 0.273 e. The lowest BCUT2D eigenvalue weighted by molar-refractivity contribution is -0.126. The molecular formula is C16H22ClN3O5S. The molecule has 1 heterocycles. The van der Waals surface area contributed by atoms with Crippen LogP contribution >= 0.6 is 11.6 Å². The van der Waals surface area contributed by atoms with Gasteiger partial charge in [-0.25, -0.2) is 8.42 Å². The predicted molar refractivity (Wildman–Crippen MR) is 97.1 cm³/mol. The van der Waals surface area contributed by atoms with Gasteiger partial charge in [-0.3, -0.25) is 20.4 Å². The summed E-state index contributed by atoms with van der Waals surface area (Å²) in [6.45, 7) is 2.04. The molecule has 1 aliphatic heterocycles. The van der Waals surface area contributed by atoms with E-state index in [1.165, 1.54) is 22.5 Å². The van der Waals surface area contributed by atoms with Crippen molar-refractivity contribution in [2.75, 3.05) is 12.3 Å². The third-order valence-electron chi connectivity index (χ3n) is 4.08. The normalized spacial score (nSPS) is 18.3. The summed E-state index contributed by atoms with van der Waals surface area (Å²) in [5, 5.41) is 9.96. The van der Waals surface area contributed by atoms with Crippen LogP contribution < -0.4 is 10.9 Å². The van der Waals surface area contributed by atoms with Crippen molar-refractivity contribution in [1.29, 1.82) is 0 Å². The fourth-order valence-electron chi connectivity index (χ4n) is 2.83. The van der Waals surface area contributed by atoms with Crippen LogP contribution in [0.2, 0.25) is 5.02 Å². The molecular weight excluding hydrogens is 382 g/mol. The lowest BCUT2D eigenvalue weighted by atomic mass is 10.0. The maximum atomic E-state index is 12.4. The van der Waals surface area contributed by atoms with Crippen molar-refractivity contribution < 1.29 is 23.1 Å². The number of aromatic hydroxyl groups is 1. The average Bonchev–Trinajstić information content (AvgIpc) is 2.61. The van der Waals surface area contributed by atoms with Gasteiger partial charge in [-0.15, -0.1) is 0 Å². The Kier molecular flexibility index (Phi) is 6.85. The lowest BCUT2D eigenvalue weighted by Gasteiger charge is -2.33. The minimum absolute atomic E-state index is 0.0282. The summed E-state index contributed by atoms with van der Waals surface area (Å²) in [5.41, 5.74) is 4.33. The van der Waals surface area contributed by atoms with Crippen LogP contribution in [-0.4, -0.2) is 48.0 Å². The number of rotatable bonds is 5. The van der Waals surface area contributed by atoms with E-state index in [1.807, 2.05) is 0 Å². The third kappa shape index (κ3) is 4.87. The maximum absolute atomic E-state index is 12.4. The van der Waals surface area contributed by atoms with Gasteiger partial charge in [-0.1, -0.05) is 24.9 Å². The molecule has 0 spiro atoms. The number of halogens is 1. The number of carbonyl (C=O) groups is 2. The topological polar surface area (TPSA) is 116 Å². The zero-order chi connectivity index (χ0) is 19.3. The fraction of sp³-hybridized carbons (Fsp3) is 0.500. The van der Waals surface area contributed by atoms with Gasteiger partial charge in [0.25, 0.3) is 11.8 Å². The Morgan fingerprint density at radius 1 is 1.31 bits per heavy atom. The summed E-state index contributed by atoms with van der Waals surface area (Å²) >= 11 is 5.79. The van der Waals surface area contributed by atoms with Crippen molar-refractivity contribution in [1.82, 2.24) is 15.2 Å². The highest BCUT2D eigenvalue weighted by Gasteiger charge is 2.36. The van der Waals surface area contributed by atoms with E-state index in [0.29, 0.717) is 19.3 Å². The summed E-state index contributed by atoms with van der Waals surface area (Å²) in [4.78, 5) is 24.5. The standard InChI is InChI=1S/C16H22ClN3O5S/c1-2-9-26(24,25)20-8-4-3-5-13(20)16(23)19-18-15(22)12-10-11(17)6-7-14(12)21/h6-7,10,13,21H,2-5,8-9H2,1H3,(H,18,22)(H,19,23). The Morgan fingerprint density at radius 2 is 2.04 bits per heavy atom. The first-order chi connectivity index (χ1) is 12.3. The molecule has 144 valence electrons. The highest BCUT2D eigenvalue weighted by molar-refractivity contribution is 7.89. The molecule has 1 unspecified atom stereocenters. The number of hydrogen-bond donors (Lipinski definition) is 3. The van der Waals surface area contributed by atoms with Gasteiger partial charge in [0, 0.05) is 11.6 Å². The summed E-state index contributed by atoms with van der Waals surface area (Å²) in [6.07, 6.45) is 2.25. The number of carbonyl (C=O) groups excluding carboxylic acids is 2. The second-order valence-electron chi connectivity index (χ2n) is 6.04. The number of hydrogen-bond acceptors (Lipinski definition) is 5. The lowest BCUT2D eigenvalue weighted by Crippen LogP contribution is -2.55. The van der Waals surface area contributed by atoms with Gasteiger partial charge in [0.2, 0.25) is 10.0 Å². The summed E-state index contributed by atoms with van der Waals surface area (Å²) in [7, 11) is -3.53. The Balaban J connectivity index is 2.05. The van der Waals surface area contributed by atoms with Crippen LogP contribution in [0.3, 0.4) is 0 Å².